The van der Waals surface area contributed by atoms with E-state index in [-0.39, 0.29) is 17.0 Å². The van der Waals surface area contributed by atoms with Gasteiger partial charge in [-0.05, 0) is 6.92 Å². The van der Waals surface area contributed by atoms with Crippen molar-refractivity contribution < 1.29 is 32.5 Å². The molecule has 0 aliphatic rings. The molecule has 0 aliphatic carbocycles. The number of pyridine rings is 1. The van der Waals surface area contributed by atoms with Crippen LogP contribution in [-0.4, -0.2) is 29.5 Å². The van der Waals surface area contributed by atoms with E-state index in [0.717, 1.165) is 6.20 Å². The summed E-state index contributed by atoms with van der Waals surface area (Å²) in [6.45, 7) is 1.41. The Balaban J connectivity index is 3.24. The summed E-state index contributed by atoms with van der Waals surface area (Å²) in [6.07, 6.45) is -4.73. The molecule has 1 aromatic heterocycles. The van der Waals surface area contributed by atoms with Crippen molar-refractivity contribution in [3.63, 3.8) is 0 Å². The van der Waals surface area contributed by atoms with Gasteiger partial charge in [-0.25, -0.2) is 4.98 Å². The molecule has 1 aromatic rings. The van der Waals surface area contributed by atoms with E-state index in [1.807, 2.05) is 0 Å². The molecular formula is C10H10F3NO4. The molecule has 0 saturated carbocycles. The number of rotatable bonds is 4. The van der Waals surface area contributed by atoms with Gasteiger partial charge < -0.3 is 14.6 Å². The van der Waals surface area contributed by atoms with Gasteiger partial charge in [0.1, 0.15) is 0 Å². The minimum atomic E-state index is -4.91. The van der Waals surface area contributed by atoms with Crippen molar-refractivity contribution in [1.82, 2.24) is 4.98 Å². The predicted octanol–water partition coefficient (Wildman–Crippen LogP) is 1.92. The Hall–Kier alpha value is -1.99. The molecule has 1 heterocycles. The van der Waals surface area contributed by atoms with E-state index < -0.39 is 24.5 Å². The van der Waals surface area contributed by atoms with Crippen LogP contribution < -0.4 is 9.47 Å². The van der Waals surface area contributed by atoms with Crippen LogP contribution in [0.3, 0.4) is 0 Å². The summed E-state index contributed by atoms with van der Waals surface area (Å²) >= 11 is 0. The minimum absolute atomic E-state index is 0.0563. The van der Waals surface area contributed by atoms with Gasteiger partial charge >= 0.3 is 12.3 Å². The Morgan fingerprint density at radius 1 is 1.50 bits per heavy atom. The maximum atomic E-state index is 12.1. The molecule has 0 fully saturated rings. The van der Waals surface area contributed by atoms with Gasteiger partial charge in [0.2, 0.25) is 5.88 Å². The fourth-order valence-corrected chi connectivity index (χ4v) is 1.40. The van der Waals surface area contributed by atoms with Crippen molar-refractivity contribution >= 4 is 5.97 Å². The van der Waals surface area contributed by atoms with Crippen LogP contribution in [0.2, 0.25) is 0 Å². The quantitative estimate of drug-likeness (QED) is 0.900. The van der Waals surface area contributed by atoms with Crippen molar-refractivity contribution in [3.8, 4) is 11.6 Å². The number of nitrogens with zero attached hydrogens (tertiary/aromatic N) is 1. The Kier molecular flexibility index (Phi) is 4.00. The molecule has 1 N–H and O–H groups in total. The Labute approximate surface area is 100 Å². The molecule has 18 heavy (non-hydrogen) atoms. The number of carboxylic acids is 1. The van der Waals surface area contributed by atoms with Crippen LogP contribution in [0, 0.1) is 6.92 Å². The molecule has 5 nitrogen and oxygen atoms in total. The number of hydrogen-bond donors (Lipinski definition) is 1. The number of methoxy groups -OCH3 is 1. The number of carboxylic acid groups (broad SMARTS) is 1. The fourth-order valence-electron chi connectivity index (χ4n) is 1.40. The molecule has 0 saturated heterocycles. The summed E-state index contributed by atoms with van der Waals surface area (Å²) in [5.74, 6) is -1.86. The fraction of sp³-hybridized carbons (Fsp3) is 0.400. The zero-order valence-electron chi connectivity index (χ0n) is 9.54. The monoisotopic (exact) mass is 265 g/mol. The highest BCUT2D eigenvalue weighted by Crippen LogP contribution is 2.31. The van der Waals surface area contributed by atoms with E-state index in [9.17, 15) is 18.0 Å². The van der Waals surface area contributed by atoms with Crippen LogP contribution in [0.5, 0.6) is 11.6 Å². The van der Waals surface area contributed by atoms with Gasteiger partial charge in [-0.15, -0.1) is 13.2 Å². The number of aromatic nitrogens is 1. The normalized spacial score (nSPS) is 11.2. The average molecular weight is 265 g/mol. The second-order valence-corrected chi connectivity index (χ2v) is 3.35. The highest BCUT2D eigenvalue weighted by molar-refractivity contribution is 5.72. The van der Waals surface area contributed by atoms with Crippen LogP contribution in [0.15, 0.2) is 6.20 Å². The number of ether oxygens (including phenoxy) is 2. The maximum absolute atomic E-state index is 12.1. The third kappa shape index (κ3) is 3.51. The zero-order chi connectivity index (χ0) is 13.9. The molecule has 100 valence electrons. The van der Waals surface area contributed by atoms with Crippen LogP contribution in [0.4, 0.5) is 13.2 Å². The van der Waals surface area contributed by atoms with Crippen LogP contribution in [0.25, 0.3) is 0 Å². The number of halogens is 3. The molecule has 0 aliphatic heterocycles. The summed E-state index contributed by atoms with van der Waals surface area (Å²) in [6, 6.07) is 0. The van der Waals surface area contributed by atoms with Crippen LogP contribution >= 0.6 is 0 Å². The molecule has 0 atom stereocenters. The number of hydrogen-bond acceptors (Lipinski definition) is 4. The second kappa shape index (κ2) is 5.11. The average Bonchev–Trinajstić information content (AvgIpc) is 2.21. The minimum Gasteiger partial charge on any atom is -0.481 e. The molecule has 0 amide bonds. The van der Waals surface area contributed by atoms with Gasteiger partial charge in [0.05, 0.1) is 19.7 Å². The van der Waals surface area contributed by atoms with Crippen molar-refractivity contribution in [2.75, 3.05) is 7.11 Å². The number of carbonyl (C=O) groups is 1. The van der Waals surface area contributed by atoms with Crippen molar-refractivity contribution in [1.29, 1.82) is 0 Å². The lowest BCUT2D eigenvalue weighted by Gasteiger charge is -2.15. The molecule has 1 rings (SSSR count). The van der Waals surface area contributed by atoms with Gasteiger partial charge in [-0.1, -0.05) is 0 Å². The Bertz CT molecular complexity index is 459. The van der Waals surface area contributed by atoms with E-state index >= 15 is 0 Å². The molecule has 0 radical (unpaired) electrons. The van der Waals surface area contributed by atoms with Gasteiger partial charge in [-0.3, -0.25) is 4.79 Å². The largest absolute Gasteiger partial charge is 0.573 e. The van der Waals surface area contributed by atoms with E-state index in [1.54, 1.807) is 0 Å². The Morgan fingerprint density at radius 3 is 2.56 bits per heavy atom. The lowest BCUT2D eigenvalue weighted by atomic mass is 10.1. The van der Waals surface area contributed by atoms with Gasteiger partial charge in [0, 0.05) is 11.1 Å². The standard InChI is InChI=1S/C10H10F3NO4/c1-5-6(3-8(15)16)7(18-10(11,12)13)4-14-9(5)17-2/h4H,3H2,1-2H3,(H,15,16). The molecule has 8 heteroatoms. The molecule has 0 spiro atoms. The highest BCUT2D eigenvalue weighted by Gasteiger charge is 2.33. The van der Waals surface area contributed by atoms with Gasteiger partial charge in [0.15, 0.2) is 5.75 Å². The molecule has 0 aromatic carbocycles. The van der Waals surface area contributed by atoms with Crippen molar-refractivity contribution in [2.45, 2.75) is 19.7 Å². The SMILES string of the molecule is COc1ncc(OC(F)(F)F)c(CC(=O)O)c1C. The summed E-state index contributed by atoms with van der Waals surface area (Å²) in [5.41, 5.74) is 0.0772. The van der Waals surface area contributed by atoms with Gasteiger partial charge in [-0.2, -0.15) is 0 Å². The lowest BCUT2D eigenvalue weighted by molar-refractivity contribution is -0.275. The molecule has 0 bridgehead atoms. The van der Waals surface area contributed by atoms with E-state index in [1.165, 1.54) is 14.0 Å². The van der Waals surface area contributed by atoms with Gasteiger partial charge in [0.25, 0.3) is 0 Å². The lowest BCUT2D eigenvalue weighted by Crippen LogP contribution is -2.19. The van der Waals surface area contributed by atoms with Crippen molar-refractivity contribution in [3.05, 3.63) is 17.3 Å². The van der Waals surface area contributed by atoms with Crippen LogP contribution in [0.1, 0.15) is 11.1 Å². The first-order valence-electron chi connectivity index (χ1n) is 4.74. The Morgan fingerprint density at radius 2 is 2.11 bits per heavy atom. The first-order valence-corrected chi connectivity index (χ1v) is 4.74. The maximum Gasteiger partial charge on any atom is 0.573 e. The predicted molar refractivity (Wildman–Crippen MR) is 53.5 cm³/mol. The second-order valence-electron chi connectivity index (χ2n) is 3.35. The van der Waals surface area contributed by atoms with Crippen LogP contribution in [-0.2, 0) is 11.2 Å². The van der Waals surface area contributed by atoms with E-state index in [2.05, 4.69) is 9.72 Å². The van der Waals surface area contributed by atoms with Crippen molar-refractivity contribution in [2.24, 2.45) is 0 Å². The third-order valence-corrected chi connectivity index (χ3v) is 2.12. The number of aliphatic carboxylic acids is 1. The van der Waals surface area contributed by atoms with E-state index in [4.69, 9.17) is 9.84 Å². The first-order chi connectivity index (χ1) is 8.24. The molecular weight excluding hydrogens is 255 g/mol. The summed E-state index contributed by atoms with van der Waals surface area (Å²) in [7, 11) is 1.28. The molecule has 0 unspecified atom stereocenters. The number of alkyl halides is 3. The van der Waals surface area contributed by atoms with E-state index in [0.29, 0.717) is 0 Å². The highest BCUT2D eigenvalue weighted by atomic mass is 19.4. The first kappa shape index (κ1) is 14.1. The topological polar surface area (TPSA) is 68.7 Å². The smallest absolute Gasteiger partial charge is 0.481 e. The summed E-state index contributed by atoms with van der Waals surface area (Å²) < 4.78 is 45.0. The summed E-state index contributed by atoms with van der Waals surface area (Å²) in [4.78, 5) is 14.2. The zero-order valence-corrected chi connectivity index (χ0v) is 9.54. The summed E-state index contributed by atoms with van der Waals surface area (Å²) in [5, 5.41) is 8.68. The third-order valence-electron chi connectivity index (χ3n) is 2.12.